The van der Waals surface area contributed by atoms with Crippen LogP contribution in [-0.2, 0) is 0 Å². The molecule has 0 aromatic carbocycles. The number of rotatable bonds is 6. The number of hydrogen-bond acceptors (Lipinski definition) is 1. The number of halogens is 3. The summed E-state index contributed by atoms with van der Waals surface area (Å²) in [5, 5.41) is 3.32. The molecule has 0 radical (unpaired) electrons. The fourth-order valence-electron chi connectivity index (χ4n) is 3.21. The van der Waals surface area contributed by atoms with Crippen molar-refractivity contribution >= 4 is 0 Å². The zero-order valence-corrected chi connectivity index (χ0v) is 12.4. The van der Waals surface area contributed by atoms with E-state index in [0.29, 0.717) is 30.7 Å². The molecule has 0 bridgehead atoms. The van der Waals surface area contributed by atoms with Crippen molar-refractivity contribution < 1.29 is 13.2 Å². The Kier molecular flexibility index (Phi) is 6.64. The Labute approximate surface area is 115 Å². The summed E-state index contributed by atoms with van der Waals surface area (Å²) in [5.41, 5.74) is 0. The summed E-state index contributed by atoms with van der Waals surface area (Å²) >= 11 is 0. The topological polar surface area (TPSA) is 12.0 Å². The van der Waals surface area contributed by atoms with Gasteiger partial charge in [0.1, 0.15) is 0 Å². The highest BCUT2D eigenvalue weighted by molar-refractivity contribution is 4.83. The van der Waals surface area contributed by atoms with Crippen molar-refractivity contribution in [3.05, 3.63) is 0 Å². The average Bonchev–Trinajstić information content (AvgIpc) is 2.33. The molecule has 1 fully saturated rings. The maximum absolute atomic E-state index is 12.6. The molecule has 1 atom stereocenters. The Morgan fingerprint density at radius 3 is 2.05 bits per heavy atom. The Bertz CT molecular complexity index is 242. The highest BCUT2D eigenvalue weighted by Crippen LogP contribution is 2.40. The molecular weight excluding hydrogens is 251 g/mol. The summed E-state index contributed by atoms with van der Waals surface area (Å²) in [6.45, 7) is 4.42. The molecule has 0 aromatic rings. The van der Waals surface area contributed by atoms with E-state index in [1.807, 2.05) is 7.05 Å². The average molecular weight is 279 g/mol. The predicted octanol–water partition coefficient (Wildman–Crippen LogP) is 4.77. The normalized spacial score (nSPS) is 26.7. The minimum Gasteiger partial charge on any atom is -0.317 e. The van der Waals surface area contributed by atoms with Crippen LogP contribution in [-0.4, -0.2) is 19.3 Å². The van der Waals surface area contributed by atoms with Crippen LogP contribution in [0.5, 0.6) is 0 Å². The van der Waals surface area contributed by atoms with E-state index in [9.17, 15) is 13.2 Å². The molecule has 0 aliphatic heterocycles. The zero-order valence-electron chi connectivity index (χ0n) is 12.4. The highest BCUT2D eigenvalue weighted by atomic mass is 19.4. The van der Waals surface area contributed by atoms with Crippen molar-refractivity contribution in [2.24, 2.45) is 17.8 Å². The molecule has 0 aromatic heterocycles. The molecule has 0 heterocycles. The first kappa shape index (κ1) is 16.8. The maximum Gasteiger partial charge on any atom is 0.391 e. The highest BCUT2D eigenvalue weighted by Gasteiger charge is 2.42. The van der Waals surface area contributed by atoms with Crippen LogP contribution < -0.4 is 5.32 Å². The standard InChI is InChI=1S/C15H28F3N/c1-11(2)5-4-6-14(19-3)12-7-9-13(10-8-12)15(16,17)18/h11-14,19H,4-10H2,1-3H3. The summed E-state index contributed by atoms with van der Waals surface area (Å²) in [6.07, 6.45) is 1.55. The van der Waals surface area contributed by atoms with Crippen LogP contribution in [0.3, 0.4) is 0 Å². The van der Waals surface area contributed by atoms with Crippen molar-refractivity contribution in [1.82, 2.24) is 5.32 Å². The van der Waals surface area contributed by atoms with Gasteiger partial charge in [0.25, 0.3) is 0 Å². The van der Waals surface area contributed by atoms with Gasteiger partial charge in [0, 0.05) is 6.04 Å². The predicted molar refractivity (Wildman–Crippen MR) is 73.0 cm³/mol. The van der Waals surface area contributed by atoms with E-state index in [1.54, 1.807) is 0 Å². The van der Waals surface area contributed by atoms with Crippen LogP contribution in [0.15, 0.2) is 0 Å². The first-order valence-electron chi connectivity index (χ1n) is 7.58. The zero-order chi connectivity index (χ0) is 14.5. The molecule has 0 amide bonds. The molecular formula is C15H28F3N. The Morgan fingerprint density at radius 2 is 1.63 bits per heavy atom. The van der Waals surface area contributed by atoms with Crippen LogP contribution in [0.25, 0.3) is 0 Å². The van der Waals surface area contributed by atoms with Gasteiger partial charge >= 0.3 is 6.18 Å². The van der Waals surface area contributed by atoms with Crippen LogP contribution in [0.4, 0.5) is 13.2 Å². The van der Waals surface area contributed by atoms with E-state index in [4.69, 9.17) is 0 Å². The van der Waals surface area contributed by atoms with E-state index in [-0.39, 0.29) is 0 Å². The summed E-state index contributed by atoms with van der Waals surface area (Å²) in [5.74, 6) is 0.0751. The number of hydrogen-bond donors (Lipinski definition) is 1. The first-order chi connectivity index (χ1) is 8.84. The smallest absolute Gasteiger partial charge is 0.317 e. The lowest BCUT2D eigenvalue weighted by Crippen LogP contribution is -2.38. The van der Waals surface area contributed by atoms with Gasteiger partial charge < -0.3 is 5.32 Å². The second-order valence-corrected chi connectivity index (χ2v) is 6.37. The molecule has 1 nitrogen and oxygen atoms in total. The second-order valence-electron chi connectivity index (χ2n) is 6.37. The van der Waals surface area contributed by atoms with Gasteiger partial charge in [-0.05, 0) is 51.0 Å². The van der Waals surface area contributed by atoms with E-state index < -0.39 is 12.1 Å². The fraction of sp³-hybridized carbons (Fsp3) is 1.00. The maximum atomic E-state index is 12.6. The third-order valence-corrected chi connectivity index (χ3v) is 4.47. The number of nitrogens with one attached hydrogen (secondary N) is 1. The van der Waals surface area contributed by atoms with Gasteiger partial charge in [0.15, 0.2) is 0 Å². The molecule has 1 N–H and O–H groups in total. The van der Waals surface area contributed by atoms with Crippen molar-refractivity contribution in [3.8, 4) is 0 Å². The lowest BCUT2D eigenvalue weighted by Gasteiger charge is -2.34. The van der Waals surface area contributed by atoms with Crippen LogP contribution in [0, 0.1) is 17.8 Å². The summed E-state index contributed by atoms with van der Waals surface area (Å²) in [4.78, 5) is 0. The minimum atomic E-state index is -3.99. The molecule has 19 heavy (non-hydrogen) atoms. The third-order valence-electron chi connectivity index (χ3n) is 4.47. The molecule has 114 valence electrons. The SMILES string of the molecule is CNC(CCCC(C)C)C1CCC(C(F)(F)F)CC1. The third kappa shape index (κ3) is 5.72. The number of alkyl halides is 3. The van der Waals surface area contributed by atoms with Gasteiger partial charge in [-0.2, -0.15) is 13.2 Å². The van der Waals surface area contributed by atoms with E-state index in [0.717, 1.165) is 19.3 Å². The van der Waals surface area contributed by atoms with Gasteiger partial charge in [-0.15, -0.1) is 0 Å². The molecule has 1 aliphatic rings. The van der Waals surface area contributed by atoms with Crippen molar-refractivity contribution in [1.29, 1.82) is 0 Å². The van der Waals surface area contributed by atoms with Gasteiger partial charge in [-0.3, -0.25) is 0 Å². The van der Waals surface area contributed by atoms with Gasteiger partial charge in [0.2, 0.25) is 0 Å². The van der Waals surface area contributed by atoms with E-state index in [2.05, 4.69) is 19.2 Å². The van der Waals surface area contributed by atoms with Gasteiger partial charge in [-0.1, -0.05) is 26.7 Å². The molecule has 1 unspecified atom stereocenters. The van der Waals surface area contributed by atoms with Crippen molar-refractivity contribution in [3.63, 3.8) is 0 Å². The van der Waals surface area contributed by atoms with Crippen LogP contribution in [0.1, 0.15) is 58.8 Å². The van der Waals surface area contributed by atoms with Crippen molar-refractivity contribution in [2.45, 2.75) is 71.0 Å². The van der Waals surface area contributed by atoms with E-state index >= 15 is 0 Å². The molecule has 1 saturated carbocycles. The van der Waals surface area contributed by atoms with Gasteiger partial charge in [-0.25, -0.2) is 0 Å². The Morgan fingerprint density at radius 1 is 1.05 bits per heavy atom. The van der Waals surface area contributed by atoms with Gasteiger partial charge in [0.05, 0.1) is 5.92 Å². The summed E-state index contributed by atoms with van der Waals surface area (Å²) in [6, 6.07) is 0.396. The molecule has 0 spiro atoms. The molecule has 0 saturated heterocycles. The quantitative estimate of drug-likeness (QED) is 0.738. The van der Waals surface area contributed by atoms with Crippen LogP contribution >= 0.6 is 0 Å². The Balaban J connectivity index is 2.35. The summed E-state index contributed by atoms with van der Waals surface area (Å²) < 4.78 is 37.9. The minimum absolute atomic E-state index is 0.316. The fourth-order valence-corrected chi connectivity index (χ4v) is 3.21. The lowest BCUT2D eigenvalue weighted by atomic mass is 9.77. The van der Waals surface area contributed by atoms with E-state index in [1.165, 1.54) is 12.8 Å². The monoisotopic (exact) mass is 279 g/mol. The largest absolute Gasteiger partial charge is 0.391 e. The van der Waals surface area contributed by atoms with Crippen LogP contribution in [0.2, 0.25) is 0 Å². The summed E-state index contributed by atoms with van der Waals surface area (Å²) in [7, 11) is 1.94. The molecule has 4 heteroatoms. The Hall–Kier alpha value is -0.250. The molecule has 1 aliphatic carbocycles. The first-order valence-corrected chi connectivity index (χ1v) is 7.58. The second kappa shape index (κ2) is 7.51. The molecule has 1 rings (SSSR count). The van der Waals surface area contributed by atoms with Crippen molar-refractivity contribution in [2.75, 3.05) is 7.05 Å². The lowest BCUT2D eigenvalue weighted by molar-refractivity contribution is -0.184.